The summed E-state index contributed by atoms with van der Waals surface area (Å²) in [4.78, 5) is 34.0. The van der Waals surface area contributed by atoms with Crippen molar-refractivity contribution in [2.75, 3.05) is 7.05 Å². The van der Waals surface area contributed by atoms with Crippen molar-refractivity contribution in [3.05, 3.63) is 70.0 Å². The standard InChI is InChI=1S/C16H14FN3O5/c1-18-16(22)19-15(21)14(10-5-3-2-4-6-10)25-13-9-11(17)7-8-12(13)20(23)24/h2-9,14H,1H3,(H2,18,19,21,22)/t14-/m1/s1. The molecule has 1 atom stereocenters. The molecule has 0 aliphatic carbocycles. The number of urea groups is 1. The molecule has 0 aromatic heterocycles. The van der Waals surface area contributed by atoms with Crippen LogP contribution in [0.25, 0.3) is 0 Å². The minimum absolute atomic E-state index is 0.336. The zero-order valence-electron chi connectivity index (χ0n) is 13.1. The summed E-state index contributed by atoms with van der Waals surface area (Å²) in [6, 6.07) is 9.90. The highest BCUT2D eigenvalue weighted by Gasteiger charge is 2.27. The number of carbonyl (C=O) groups is 2. The van der Waals surface area contributed by atoms with Gasteiger partial charge in [-0.05, 0) is 6.07 Å². The average molecular weight is 347 g/mol. The minimum Gasteiger partial charge on any atom is -0.468 e. The smallest absolute Gasteiger partial charge is 0.321 e. The Morgan fingerprint density at radius 3 is 2.48 bits per heavy atom. The van der Waals surface area contributed by atoms with Gasteiger partial charge in [0.05, 0.1) is 4.92 Å². The molecule has 130 valence electrons. The van der Waals surface area contributed by atoms with E-state index in [1.165, 1.54) is 7.05 Å². The van der Waals surface area contributed by atoms with Gasteiger partial charge >= 0.3 is 11.7 Å². The Morgan fingerprint density at radius 2 is 1.88 bits per heavy atom. The third-order valence-corrected chi connectivity index (χ3v) is 3.17. The molecule has 0 aliphatic rings. The lowest BCUT2D eigenvalue weighted by Crippen LogP contribution is -2.41. The maximum Gasteiger partial charge on any atom is 0.321 e. The van der Waals surface area contributed by atoms with Crippen LogP contribution in [-0.4, -0.2) is 23.9 Å². The maximum absolute atomic E-state index is 13.5. The zero-order valence-corrected chi connectivity index (χ0v) is 13.1. The zero-order chi connectivity index (χ0) is 18.4. The SMILES string of the molecule is CNC(=O)NC(=O)[C@H](Oc1cc(F)ccc1[N+](=O)[O-])c1ccccc1. The fraction of sp³-hybridized carbons (Fsp3) is 0.125. The minimum atomic E-state index is -1.39. The van der Waals surface area contributed by atoms with Gasteiger partial charge in [-0.3, -0.25) is 20.2 Å². The monoisotopic (exact) mass is 347 g/mol. The number of nitro groups is 1. The van der Waals surface area contributed by atoms with E-state index in [0.717, 1.165) is 18.2 Å². The van der Waals surface area contributed by atoms with Gasteiger partial charge in [-0.25, -0.2) is 9.18 Å². The number of nitrogens with zero attached hydrogens (tertiary/aromatic N) is 1. The molecule has 2 N–H and O–H groups in total. The number of nitrogens with one attached hydrogen (secondary N) is 2. The van der Waals surface area contributed by atoms with Gasteiger partial charge in [0.25, 0.3) is 5.91 Å². The molecule has 2 aromatic carbocycles. The Labute approximate surface area is 141 Å². The van der Waals surface area contributed by atoms with Crippen LogP contribution in [0.2, 0.25) is 0 Å². The van der Waals surface area contributed by atoms with Crippen LogP contribution in [-0.2, 0) is 4.79 Å². The van der Waals surface area contributed by atoms with E-state index in [0.29, 0.717) is 5.56 Å². The summed E-state index contributed by atoms with van der Waals surface area (Å²) in [5.74, 6) is -2.05. The van der Waals surface area contributed by atoms with Gasteiger partial charge in [0.1, 0.15) is 5.82 Å². The summed E-state index contributed by atoms with van der Waals surface area (Å²) in [6.45, 7) is 0. The lowest BCUT2D eigenvalue weighted by Gasteiger charge is -2.18. The van der Waals surface area contributed by atoms with Gasteiger partial charge in [0.2, 0.25) is 11.9 Å². The number of halogens is 1. The summed E-state index contributed by atoms with van der Waals surface area (Å²) < 4.78 is 18.9. The number of benzene rings is 2. The molecular weight excluding hydrogens is 333 g/mol. The molecule has 2 aromatic rings. The lowest BCUT2D eigenvalue weighted by atomic mass is 10.1. The molecule has 25 heavy (non-hydrogen) atoms. The first-order valence-electron chi connectivity index (χ1n) is 7.10. The van der Waals surface area contributed by atoms with Crippen LogP contribution in [0.4, 0.5) is 14.9 Å². The Balaban J connectivity index is 2.40. The number of nitro benzene ring substituents is 1. The number of hydrogen-bond donors (Lipinski definition) is 2. The summed E-state index contributed by atoms with van der Waals surface area (Å²) >= 11 is 0. The number of rotatable bonds is 5. The van der Waals surface area contributed by atoms with Crippen molar-refractivity contribution < 1.29 is 23.6 Å². The molecule has 0 heterocycles. The highest BCUT2D eigenvalue weighted by Crippen LogP contribution is 2.31. The van der Waals surface area contributed by atoms with Crippen molar-refractivity contribution in [2.24, 2.45) is 0 Å². The first-order chi connectivity index (χ1) is 11.9. The summed E-state index contributed by atoms with van der Waals surface area (Å²) in [6.07, 6.45) is -1.39. The third kappa shape index (κ3) is 4.50. The van der Waals surface area contributed by atoms with Crippen molar-refractivity contribution in [3.63, 3.8) is 0 Å². The van der Waals surface area contributed by atoms with E-state index in [2.05, 4.69) is 5.32 Å². The van der Waals surface area contributed by atoms with Gasteiger partial charge < -0.3 is 10.1 Å². The highest BCUT2D eigenvalue weighted by atomic mass is 19.1. The van der Waals surface area contributed by atoms with E-state index in [9.17, 15) is 24.1 Å². The largest absolute Gasteiger partial charge is 0.468 e. The summed E-state index contributed by atoms with van der Waals surface area (Å²) in [5.41, 5.74) is -0.169. The van der Waals surface area contributed by atoms with Crippen molar-refractivity contribution in [1.82, 2.24) is 10.6 Å². The molecule has 9 heteroatoms. The lowest BCUT2D eigenvalue weighted by molar-refractivity contribution is -0.386. The van der Waals surface area contributed by atoms with Crippen LogP contribution in [0.15, 0.2) is 48.5 Å². The van der Waals surface area contributed by atoms with Crippen LogP contribution >= 0.6 is 0 Å². The molecular formula is C16H14FN3O5. The van der Waals surface area contributed by atoms with Crippen molar-refractivity contribution in [1.29, 1.82) is 0 Å². The Kier molecular flexibility index (Phi) is 5.62. The molecule has 0 bridgehead atoms. The molecule has 0 saturated heterocycles. The molecule has 0 saturated carbocycles. The van der Waals surface area contributed by atoms with Gasteiger partial charge in [-0.1, -0.05) is 30.3 Å². The van der Waals surface area contributed by atoms with E-state index < -0.39 is 40.2 Å². The van der Waals surface area contributed by atoms with Gasteiger partial charge in [-0.15, -0.1) is 0 Å². The number of hydrogen-bond acceptors (Lipinski definition) is 5. The Bertz CT molecular complexity index is 798. The second-order valence-corrected chi connectivity index (χ2v) is 4.85. The van der Waals surface area contributed by atoms with Crippen LogP contribution in [0.5, 0.6) is 5.75 Å². The highest BCUT2D eigenvalue weighted by molar-refractivity contribution is 5.97. The number of amides is 3. The summed E-state index contributed by atoms with van der Waals surface area (Å²) in [5, 5.41) is 15.3. The molecule has 8 nitrogen and oxygen atoms in total. The molecule has 0 spiro atoms. The van der Waals surface area contributed by atoms with Gasteiger partial charge in [-0.2, -0.15) is 0 Å². The molecule has 0 radical (unpaired) electrons. The average Bonchev–Trinajstić information content (AvgIpc) is 2.59. The van der Waals surface area contributed by atoms with E-state index >= 15 is 0 Å². The normalized spacial score (nSPS) is 11.3. The molecule has 3 amide bonds. The maximum atomic E-state index is 13.5. The van der Waals surface area contributed by atoms with E-state index in [-0.39, 0.29) is 0 Å². The van der Waals surface area contributed by atoms with E-state index in [1.807, 2.05) is 5.32 Å². The molecule has 2 rings (SSSR count). The second kappa shape index (κ2) is 7.86. The number of carbonyl (C=O) groups excluding carboxylic acids is 2. The first-order valence-corrected chi connectivity index (χ1v) is 7.10. The number of imide groups is 1. The molecule has 0 unspecified atom stereocenters. The Hall–Kier alpha value is -3.49. The molecule has 0 fully saturated rings. The fourth-order valence-electron chi connectivity index (χ4n) is 2.00. The van der Waals surface area contributed by atoms with Crippen LogP contribution in [0.3, 0.4) is 0 Å². The first kappa shape index (κ1) is 17.9. The fourth-order valence-corrected chi connectivity index (χ4v) is 2.00. The predicted octanol–water partition coefficient (Wildman–Crippen LogP) is 2.31. The quantitative estimate of drug-likeness (QED) is 0.637. The topological polar surface area (TPSA) is 111 Å². The van der Waals surface area contributed by atoms with Crippen LogP contribution in [0.1, 0.15) is 11.7 Å². The van der Waals surface area contributed by atoms with E-state index in [1.54, 1.807) is 30.3 Å². The van der Waals surface area contributed by atoms with Gasteiger partial charge in [0, 0.05) is 24.7 Å². The van der Waals surface area contributed by atoms with E-state index in [4.69, 9.17) is 4.74 Å². The molecule has 0 aliphatic heterocycles. The predicted molar refractivity (Wildman–Crippen MR) is 85.5 cm³/mol. The second-order valence-electron chi connectivity index (χ2n) is 4.85. The third-order valence-electron chi connectivity index (χ3n) is 3.17. The van der Waals surface area contributed by atoms with Crippen molar-refractivity contribution >= 4 is 17.6 Å². The number of ether oxygens (including phenoxy) is 1. The van der Waals surface area contributed by atoms with Crippen LogP contribution in [0, 0.1) is 15.9 Å². The van der Waals surface area contributed by atoms with Crippen molar-refractivity contribution in [3.8, 4) is 5.75 Å². The van der Waals surface area contributed by atoms with Crippen molar-refractivity contribution in [2.45, 2.75) is 6.10 Å². The van der Waals surface area contributed by atoms with Gasteiger partial charge in [0.15, 0.2) is 0 Å². The van der Waals surface area contributed by atoms with Crippen LogP contribution < -0.4 is 15.4 Å². The Morgan fingerprint density at radius 1 is 1.20 bits per heavy atom. The summed E-state index contributed by atoms with van der Waals surface area (Å²) in [7, 11) is 1.32.